The smallest absolute Gasteiger partial charge is 0.726 e. The summed E-state index contributed by atoms with van der Waals surface area (Å²) in [5.74, 6) is 0. The predicted molar refractivity (Wildman–Crippen MR) is 322 cm³/mol. The van der Waals surface area contributed by atoms with Crippen LogP contribution in [0.25, 0.3) is 11.3 Å². The van der Waals surface area contributed by atoms with E-state index in [2.05, 4.69) is 64.7 Å². The Morgan fingerprint density at radius 1 is 0.271 bits per heavy atom. The molecule has 1 aromatic heterocycles. The fourth-order valence-corrected chi connectivity index (χ4v) is 16.3. The Labute approximate surface area is 1020 Å². The molecular formula is C40H50N3Na13O60S13. The standard InChI is InChI=1S/C40H63N3O60S13.13Na/c44-104(45,46)84-15-21-25(95-108(56,57)58)29(93-40-36(103-116(80,81)82)32(100-113(71,72)73)28(98-111(65,66)67)24(91-40)18-87-107(53,54)55)34(101-114(74,75)76)38(89-21)92-30-26(96-109(59,60)61)22(16-85-105(47,48)49)90-39(35(30)102-115(77,78)79)94-33-31(99-112(68,69)70)27(97-110(62,63)64)23(17-86-106(50,51)52)88-37(33)83-13-9-4-2-1-3-8-12-43-14-20(41-42-43)19-10-6-5-7-11-19;;;;;;;;;;;;;/h5-7,10-11,14,21-40H,1-4,8-9,12-13,15-18H2,(H,44,45,46)(H,47,48,49)(H,50,51,52)(H,53,54,55)(H,56,57,58)(H,59,60,61)(H,62,63,64)(H,65,66,67)(H,68,69,70)(H,71,72,73)(H,74,75,76)(H,77,78,79)(H,80,81,82);;;;;;;;;;;;;/q;13*+1/p-13/t21-,22-,23-,24-,25-,26-,27-,28-,29+,30+,31+,32+,33+,34+,35+,36+,37+,38-,39-,40-;;;;;;;;;;;;;/m1............./s1. The predicted octanol–water partition coefficient (Wildman–Crippen LogP) is -51.1. The van der Waals surface area contributed by atoms with Gasteiger partial charge in [-0.15, -0.1) is 5.10 Å². The van der Waals surface area contributed by atoms with Crippen LogP contribution in [-0.4, -0.2) is 339 Å². The van der Waals surface area contributed by atoms with Crippen molar-refractivity contribution in [2.24, 2.45) is 0 Å². The number of aromatic nitrogens is 3. The van der Waals surface area contributed by atoms with Crippen molar-refractivity contribution in [2.75, 3.05) is 33.0 Å². The summed E-state index contributed by atoms with van der Waals surface area (Å²) in [6.45, 7) is -10.2. The van der Waals surface area contributed by atoms with Gasteiger partial charge in [-0.2, -0.15) is 0 Å². The first-order valence-corrected chi connectivity index (χ1v) is 47.2. The van der Waals surface area contributed by atoms with Crippen LogP contribution in [0, 0.1) is 0 Å². The topological polar surface area (TPSA) is 968 Å². The van der Waals surface area contributed by atoms with Crippen molar-refractivity contribution in [1.82, 2.24) is 15.0 Å². The van der Waals surface area contributed by atoms with Gasteiger partial charge in [0.15, 0.2) is 43.5 Å². The molecule has 4 saturated heterocycles. The number of nitrogens with zero attached hydrogens (tertiary/aromatic N) is 3. The molecule has 0 radical (unpaired) electrons. The second-order valence-corrected chi connectivity index (χ2v) is 36.0. The van der Waals surface area contributed by atoms with Crippen LogP contribution in [0.3, 0.4) is 0 Å². The zero-order valence-electron chi connectivity index (χ0n) is 68.6. The molecule has 4 aliphatic heterocycles. The Morgan fingerprint density at radius 2 is 0.504 bits per heavy atom. The molecule has 89 heteroatoms. The van der Waals surface area contributed by atoms with Crippen molar-refractivity contribution in [3.05, 3.63) is 36.5 Å². The number of benzene rings is 1. The number of aryl methyl sites for hydroxylation is 1. The SMILES string of the molecule is O=S(=O)([O-])OC[C@H]1O[C@H](OCCCCCCCCn2cc(-c3ccccc3)nn2)[C@@H](O[C@H]2O[C@H](COS(=O)(=O)[O-])[C@@H](OS(=O)(=O)[O-])[C@H](O[C@H]3O[C@H](COS(=O)(=O)[O-])[C@@H](OS(=O)(=O)[O-])[C@H](O[C@H]4O[C@H](COS(=O)(=O)[O-])[C@@H](OS(=O)(=O)[O-])[C@H](OS(=O)(=O)[O-])[C@@H]4OS(=O)(=O)[O-])[C@@H]3OS(=O)(=O)[O-])[C@@H]2OS(=O)(=O)[O-])[C@@H](OS(=O)(=O)[O-])[C@@H]1OS(=O)(=O)[O-].[Na+].[Na+].[Na+].[Na+].[Na+].[Na+].[Na+].[Na+].[Na+].[Na+].[Na+].[Na+].[Na+]. The van der Waals surface area contributed by atoms with Crippen LogP contribution >= 0.6 is 0 Å². The van der Waals surface area contributed by atoms with Crippen LogP contribution in [0.15, 0.2) is 36.5 Å². The van der Waals surface area contributed by atoms with Gasteiger partial charge >= 0.3 is 384 Å². The molecule has 0 N–H and O–H groups in total. The second kappa shape index (κ2) is 65.6. The summed E-state index contributed by atoms with van der Waals surface area (Å²) >= 11 is 0. The normalized spacial score (nSPS) is 26.6. The molecule has 4 aliphatic rings. The zero-order valence-corrected chi connectivity index (χ0v) is 105. The Bertz CT molecular complexity index is 5300. The summed E-state index contributed by atoms with van der Waals surface area (Å²) in [6.07, 6.45) is -72.8. The fraction of sp³-hybridized carbons (Fsp3) is 0.800. The minimum absolute atomic E-state index is 0. The van der Waals surface area contributed by atoms with Gasteiger partial charge in [0.1, 0.15) is 85.0 Å². The number of unbranched alkanes of at least 4 members (excludes halogenated alkanes) is 5. The molecule has 4 fully saturated rings. The van der Waals surface area contributed by atoms with Crippen molar-refractivity contribution in [3.63, 3.8) is 0 Å². The third-order valence-electron chi connectivity index (χ3n) is 14.5. The van der Waals surface area contributed by atoms with E-state index in [-0.39, 0.29) is 404 Å². The molecule has 6 rings (SSSR count). The second-order valence-electron chi connectivity index (χ2n) is 22.7. The summed E-state index contributed by atoms with van der Waals surface area (Å²) in [5.41, 5.74) is 1.23. The van der Waals surface area contributed by atoms with Gasteiger partial charge in [-0.1, -0.05) is 61.2 Å². The van der Waals surface area contributed by atoms with Crippen molar-refractivity contribution in [1.29, 1.82) is 0 Å². The van der Waals surface area contributed by atoms with Crippen LogP contribution in [0.5, 0.6) is 0 Å². The van der Waals surface area contributed by atoms with E-state index in [1.807, 2.05) is 0 Å². The molecule has 0 spiro atoms. The van der Waals surface area contributed by atoms with E-state index in [1.165, 1.54) is 4.68 Å². The molecule has 2 aromatic rings. The van der Waals surface area contributed by atoms with Gasteiger partial charge in [-0.05, 0) is 12.8 Å². The van der Waals surface area contributed by atoms with E-state index in [1.54, 1.807) is 36.5 Å². The van der Waals surface area contributed by atoms with Gasteiger partial charge in [0.05, 0.1) is 32.6 Å². The maximum Gasteiger partial charge on any atom is 1.00 e. The van der Waals surface area contributed by atoms with Gasteiger partial charge in [0, 0.05) is 18.7 Å². The Balaban J connectivity index is -0.00000188. The van der Waals surface area contributed by atoms with Crippen molar-refractivity contribution < 1.29 is 645 Å². The van der Waals surface area contributed by atoms with Gasteiger partial charge in [-0.25, -0.2) is 109 Å². The first-order valence-electron chi connectivity index (χ1n) is 29.9. The molecule has 0 unspecified atom stereocenters. The third-order valence-corrected chi connectivity index (χ3v) is 20.3. The molecule has 129 heavy (non-hydrogen) atoms. The van der Waals surface area contributed by atoms with Crippen molar-refractivity contribution in [3.8, 4) is 11.3 Å². The van der Waals surface area contributed by atoms with Gasteiger partial charge in [0.2, 0.25) is 135 Å². The van der Waals surface area contributed by atoms with Gasteiger partial charge in [0.25, 0.3) is 0 Å². The van der Waals surface area contributed by atoms with Crippen LogP contribution in [0.1, 0.15) is 38.5 Å². The molecular weight excluding hydrogens is 2200 g/mol. The number of hydrogen-bond donors (Lipinski definition) is 0. The van der Waals surface area contributed by atoms with Crippen LogP contribution < -0.4 is 384 Å². The van der Waals surface area contributed by atoms with Gasteiger partial charge in [-0.3, -0.25) is 59.1 Å². The van der Waals surface area contributed by atoms with Crippen LogP contribution in [-0.2, 0) is 234 Å². The van der Waals surface area contributed by atoms with E-state index >= 15 is 0 Å². The molecule has 0 bridgehead atoms. The third kappa shape index (κ3) is 60.8. The minimum Gasteiger partial charge on any atom is -0.726 e. The molecule has 20 atom stereocenters. The van der Waals surface area contributed by atoms with E-state index in [4.69, 9.17) is 37.9 Å². The Kier molecular flexibility index (Phi) is 78.1. The molecule has 0 saturated carbocycles. The van der Waals surface area contributed by atoms with E-state index in [9.17, 15) is 169 Å². The number of hydrogen-bond acceptors (Lipinski definition) is 62. The molecule has 63 nitrogen and oxygen atoms in total. The molecule has 5 heterocycles. The quantitative estimate of drug-likeness (QED) is 0.0257. The molecule has 1 aromatic carbocycles. The maximum absolute atomic E-state index is 13.0. The monoisotopic (exact) mass is 2250 g/mol. The van der Waals surface area contributed by atoms with E-state index < -0.39 is 291 Å². The number of ether oxygens (including phenoxy) is 8. The van der Waals surface area contributed by atoms with Crippen molar-refractivity contribution >= 4 is 135 Å². The zero-order chi connectivity index (χ0) is 87.8. The minimum atomic E-state index is -7.22. The summed E-state index contributed by atoms with van der Waals surface area (Å²) in [6, 6.07) is 8.72. The average Bonchev–Trinajstić information content (AvgIpc) is 0.924. The van der Waals surface area contributed by atoms with E-state index in [0.717, 1.165) is 5.56 Å². The Morgan fingerprint density at radius 3 is 0.791 bits per heavy atom. The summed E-state index contributed by atoms with van der Waals surface area (Å²) in [5, 5.41) is 8.11. The summed E-state index contributed by atoms with van der Waals surface area (Å²) < 4.78 is 579. The molecule has 0 amide bonds. The van der Waals surface area contributed by atoms with Gasteiger partial charge < -0.3 is 97.1 Å². The largest absolute Gasteiger partial charge is 1.00 e. The maximum atomic E-state index is 13.0. The number of rotatable bonds is 47. The van der Waals surface area contributed by atoms with Crippen LogP contribution in [0.4, 0.5) is 0 Å². The van der Waals surface area contributed by atoms with Crippen LogP contribution in [0.2, 0.25) is 0 Å². The summed E-state index contributed by atoms with van der Waals surface area (Å²) in [4.78, 5) is 0. The fourth-order valence-electron chi connectivity index (χ4n) is 10.7. The van der Waals surface area contributed by atoms with Crippen molar-refractivity contribution in [2.45, 2.75) is 168 Å². The average molecular weight is 2250 g/mol. The molecule has 676 valence electrons. The first kappa shape index (κ1) is 154. The van der Waals surface area contributed by atoms with E-state index in [0.29, 0.717) is 31.5 Å². The summed E-state index contributed by atoms with van der Waals surface area (Å²) in [7, 11) is -88.1. The Hall–Kier alpha value is 9.35. The first-order chi connectivity index (χ1) is 52.6. The molecule has 0 aliphatic carbocycles.